The molecule has 1 aliphatic carbocycles. The molecule has 4 N–H and O–H groups in total. The first-order valence-corrected chi connectivity index (χ1v) is 8.23. The second-order valence-corrected chi connectivity index (χ2v) is 6.62. The van der Waals surface area contributed by atoms with Crippen LogP contribution in [0, 0.1) is 0 Å². The van der Waals surface area contributed by atoms with Crippen LogP contribution in [-0.2, 0) is 0 Å². The lowest BCUT2D eigenvalue weighted by atomic mass is 10.0. The van der Waals surface area contributed by atoms with Gasteiger partial charge in [-0.3, -0.25) is 4.98 Å². The lowest BCUT2D eigenvalue weighted by Gasteiger charge is -2.23. The van der Waals surface area contributed by atoms with Crippen molar-refractivity contribution in [2.24, 2.45) is 0 Å². The van der Waals surface area contributed by atoms with Crippen molar-refractivity contribution in [2.75, 3.05) is 11.1 Å². The van der Waals surface area contributed by atoms with Crippen molar-refractivity contribution < 1.29 is 5.11 Å². The summed E-state index contributed by atoms with van der Waals surface area (Å²) in [4.78, 5) is 4.48. The number of halogens is 1. The number of aliphatic hydroxyl groups excluding tert-OH is 1. The molecule has 2 atom stereocenters. The molecule has 1 aromatic carbocycles. The maximum atomic E-state index is 10.3. The summed E-state index contributed by atoms with van der Waals surface area (Å²) < 4.78 is 0.911. The van der Waals surface area contributed by atoms with Crippen LogP contribution >= 0.6 is 15.9 Å². The molecular weight excluding hydrogens is 330 g/mol. The third-order valence-corrected chi connectivity index (χ3v) is 4.60. The number of nitrogens with zero attached hydrogens (tertiary/aromatic N) is 1. The van der Waals surface area contributed by atoms with Crippen LogP contribution in [0.25, 0.3) is 10.9 Å². The Kier molecular flexibility index (Phi) is 4.31. The molecule has 1 fully saturated rings. The summed E-state index contributed by atoms with van der Waals surface area (Å²) in [6.07, 6.45) is 6.79. The molecule has 112 valence electrons. The SMILES string of the molecule is Nc1ccc(NC2CCCCCC2O)c2ncc(Br)cc12. The number of pyridine rings is 1. The van der Waals surface area contributed by atoms with E-state index in [2.05, 4.69) is 26.2 Å². The van der Waals surface area contributed by atoms with Crippen LogP contribution in [0.5, 0.6) is 0 Å². The molecule has 2 unspecified atom stereocenters. The maximum absolute atomic E-state index is 10.3. The standard InChI is InChI=1S/C16H20BrN3O/c17-10-8-11-12(18)6-7-14(16(11)19-9-10)20-13-4-2-1-3-5-15(13)21/h6-9,13,15,20-21H,1-5,18H2. The first kappa shape index (κ1) is 14.6. The monoisotopic (exact) mass is 349 g/mol. The third kappa shape index (κ3) is 3.14. The zero-order valence-electron chi connectivity index (χ0n) is 11.8. The first-order chi connectivity index (χ1) is 10.1. The van der Waals surface area contributed by atoms with Gasteiger partial charge in [0, 0.05) is 21.7 Å². The molecule has 21 heavy (non-hydrogen) atoms. The zero-order chi connectivity index (χ0) is 14.8. The molecule has 0 radical (unpaired) electrons. The largest absolute Gasteiger partial charge is 0.398 e. The number of hydrogen-bond acceptors (Lipinski definition) is 4. The van der Waals surface area contributed by atoms with Gasteiger partial charge in [-0.05, 0) is 47.0 Å². The van der Waals surface area contributed by atoms with Crippen LogP contribution in [0.2, 0.25) is 0 Å². The van der Waals surface area contributed by atoms with E-state index in [9.17, 15) is 5.11 Å². The van der Waals surface area contributed by atoms with Gasteiger partial charge in [0.05, 0.1) is 23.3 Å². The molecule has 0 bridgehead atoms. The highest BCUT2D eigenvalue weighted by Gasteiger charge is 2.22. The highest BCUT2D eigenvalue weighted by molar-refractivity contribution is 9.10. The van der Waals surface area contributed by atoms with Crippen molar-refractivity contribution in [1.29, 1.82) is 0 Å². The van der Waals surface area contributed by atoms with Crippen LogP contribution < -0.4 is 11.1 Å². The molecule has 1 aliphatic rings. The minimum absolute atomic E-state index is 0.0878. The first-order valence-electron chi connectivity index (χ1n) is 7.43. The second-order valence-electron chi connectivity index (χ2n) is 5.71. The number of hydrogen-bond donors (Lipinski definition) is 3. The molecule has 2 aromatic rings. The molecule has 5 heteroatoms. The fourth-order valence-corrected chi connectivity index (χ4v) is 3.32. The molecule has 4 nitrogen and oxygen atoms in total. The Hall–Kier alpha value is -1.33. The summed E-state index contributed by atoms with van der Waals surface area (Å²) in [5, 5.41) is 14.7. The van der Waals surface area contributed by atoms with E-state index in [0.29, 0.717) is 5.69 Å². The summed E-state index contributed by atoms with van der Waals surface area (Å²) in [6.45, 7) is 0. The Morgan fingerprint density at radius 1 is 1.24 bits per heavy atom. The van der Waals surface area contributed by atoms with Gasteiger partial charge in [-0.2, -0.15) is 0 Å². The normalized spacial score (nSPS) is 23.0. The summed E-state index contributed by atoms with van der Waals surface area (Å²) >= 11 is 3.43. The molecule has 0 spiro atoms. The number of anilines is 2. The third-order valence-electron chi connectivity index (χ3n) is 4.17. The van der Waals surface area contributed by atoms with Crippen molar-refractivity contribution in [1.82, 2.24) is 4.98 Å². The zero-order valence-corrected chi connectivity index (χ0v) is 13.4. The Balaban J connectivity index is 1.95. The average Bonchev–Trinajstić information content (AvgIpc) is 2.67. The Bertz CT molecular complexity index is 647. The summed E-state index contributed by atoms with van der Waals surface area (Å²) in [5.74, 6) is 0. The van der Waals surface area contributed by atoms with Gasteiger partial charge in [0.15, 0.2) is 0 Å². The van der Waals surface area contributed by atoms with E-state index in [4.69, 9.17) is 5.73 Å². The van der Waals surface area contributed by atoms with E-state index in [1.807, 2.05) is 18.2 Å². The number of nitrogens with two attached hydrogens (primary N) is 1. The van der Waals surface area contributed by atoms with Gasteiger partial charge < -0.3 is 16.2 Å². The van der Waals surface area contributed by atoms with Crippen molar-refractivity contribution >= 4 is 38.2 Å². The fraction of sp³-hybridized carbons (Fsp3) is 0.438. The van der Waals surface area contributed by atoms with Crippen LogP contribution in [0.3, 0.4) is 0 Å². The molecular formula is C16H20BrN3O. The molecule has 1 heterocycles. The van der Waals surface area contributed by atoms with Gasteiger partial charge in [-0.1, -0.05) is 19.3 Å². The molecule has 1 saturated carbocycles. The number of aromatic nitrogens is 1. The predicted octanol–water partition coefficient (Wildman–Crippen LogP) is 3.69. The van der Waals surface area contributed by atoms with Crippen LogP contribution in [-0.4, -0.2) is 22.2 Å². The minimum Gasteiger partial charge on any atom is -0.398 e. The Labute approximate surface area is 132 Å². The number of nitrogen functional groups attached to an aromatic ring is 1. The van der Waals surface area contributed by atoms with Crippen LogP contribution in [0.15, 0.2) is 28.9 Å². The molecule has 0 aliphatic heterocycles. The van der Waals surface area contributed by atoms with Crippen molar-refractivity contribution in [2.45, 2.75) is 44.2 Å². The van der Waals surface area contributed by atoms with E-state index in [0.717, 1.165) is 46.7 Å². The molecule has 1 aromatic heterocycles. The highest BCUT2D eigenvalue weighted by atomic mass is 79.9. The number of aliphatic hydroxyl groups is 1. The number of benzene rings is 1. The van der Waals surface area contributed by atoms with E-state index >= 15 is 0 Å². The van der Waals surface area contributed by atoms with Gasteiger partial charge in [0.2, 0.25) is 0 Å². The number of nitrogens with one attached hydrogen (secondary N) is 1. The summed E-state index contributed by atoms with van der Waals surface area (Å²) in [7, 11) is 0. The molecule has 3 rings (SSSR count). The van der Waals surface area contributed by atoms with Gasteiger partial charge >= 0.3 is 0 Å². The van der Waals surface area contributed by atoms with Crippen molar-refractivity contribution in [3.63, 3.8) is 0 Å². The molecule has 0 amide bonds. The van der Waals surface area contributed by atoms with Gasteiger partial charge in [-0.25, -0.2) is 0 Å². The van der Waals surface area contributed by atoms with Gasteiger partial charge in [0.25, 0.3) is 0 Å². The number of fused-ring (bicyclic) bond motifs is 1. The van der Waals surface area contributed by atoms with E-state index < -0.39 is 0 Å². The van der Waals surface area contributed by atoms with E-state index in [1.165, 1.54) is 6.42 Å². The minimum atomic E-state index is -0.296. The second kappa shape index (κ2) is 6.20. The van der Waals surface area contributed by atoms with E-state index in [1.54, 1.807) is 6.20 Å². The lowest BCUT2D eigenvalue weighted by molar-refractivity contribution is 0.144. The molecule has 0 saturated heterocycles. The number of rotatable bonds is 2. The van der Waals surface area contributed by atoms with Crippen LogP contribution in [0.4, 0.5) is 11.4 Å². The van der Waals surface area contributed by atoms with Crippen molar-refractivity contribution in [3.05, 3.63) is 28.9 Å². The smallest absolute Gasteiger partial charge is 0.0954 e. The summed E-state index contributed by atoms with van der Waals surface area (Å²) in [6, 6.07) is 5.91. The van der Waals surface area contributed by atoms with Crippen LogP contribution in [0.1, 0.15) is 32.1 Å². The predicted molar refractivity (Wildman–Crippen MR) is 90.4 cm³/mol. The average molecular weight is 350 g/mol. The Morgan fingerprint density at radius 2 is 2.05 bits per heavy atom. The van der Waals surface area contributed by atoms with Crippen molar-refractivity contribution in [3.8, 4) is 0 Å². The van der Waals surface area contributed by atoms with Gasteiger partial charge in [0.1, 0.15) is 0 Å². The fourth-order valence-electron chi connectivity index (χ4n) is 2.99. The highest BCUT2D eigenvalue weighted by Crippen LogP contribution is 2.30. The quantitative estimate of drug-likeness (QED) is 0.571. The lowest BCUT2D eigenvalue weighted by Crippen LogP contribution is -2.32. The van der Waals surface area contributed by atoms with E-state index in [-0.39, 0.29) is 12.1 Å². The van der Waals surface area contributed by atoms with Gasteiger partial charge in [-0.15, -0.1) is 0 Å². The maximum Gasteiger partial charge on any atom is 0.0954 e. The summed E-state index contributed by atoms with van der Waals surface area (Å²) in [5.41, 5.74) is 8.55. The Morgan fingerprint density at radius 3 is 2.90 bits per heavy atom. The topological polar surface area (TPSA) is 71.2 Å².